The minimum atomic E-state index is -3.46. The zero-order valence-electron chi connectivity index (χ0n) is 11.9. The van der Waals surface area contributed by atoms with Crippen molar-refractivity contribution in [3.63, 3.8) is 0 Å². The summed E-state index contributed by atoms with van der Waals surface area (Å²) in [7, 11) is -1.43. The van der Waals surface area contributed by atoms with Gasteiger partial charge in [0.2, 0.25) is 10.0 Å². The molecule has 0 bridgehead atoms. The van der Waals surface area contributed by atoms with E-state index in [9.17, 15) is 8.42 Å². The van der Waals surface area contributed by atoms with Crippen molar-refractivity contribution in [1.29, 1.82) is 0 Å². The lowest BCUT2D eigenvalue weighted by atomic mass is 10.0. The highest BCUT2D eigenvalue weighted by atomic mass is 32.2. The molecule has 0 aliphatic carbocycles. The van der Waals surface area contributed by atoms with Crippen LogP contribution in [0.25, 0.3) is 0 Å². The summed E-state index contributed by atoms with van der Waals surface area (Å²) in [6, 6.07) is 1.90. The highest BCUT2D eigenvalue weighted by Crippen LogP contribution is 2.26. The number of likely N-dealkylation sites (tertiary alicyclic amines) is 1. The maximum atomic E-state index is 12.3. The van der Waals surface area contributed by atoms with Gasteiger partial charge in [-0.2, -0.15) is 0 Å². The minimum Gasteiger partial charge on any atom is -0.391 e. The van der Waals surface area contributed by atoms with E-state index in [1.807, 2.05) is 14.0 Å². The summed E-state index contributed by atoms with van der Waals surface area (Å²) in [6.45, 7) is 3.18. The van der Waals surface area contributed by atoms with E-state index in [1.54, 1.807) is 6.07 Å². The molecule has 0 spiro atoms. The van der Waals surface area contributed by atoms with Crippen LogP contribution >= 0.6 is 11.3 Å². The van der Waals surface area contributed by atoms with Gasteiger partial charge in [0.15, 0.2) is 0 Å². The summed E-state index contributed by atoms with van der Waals surface area (Å²) in [5.41, 5.74) is 0.827. The Bertz CT molecular complexity index is 554. The van der Waals surface area contributed by atoms with Crippen molar-refractivity contribution in [3.05, 3.63) is 16.5 Å². The lowest BCUT2D eigenvalue weighted by Crippen LogP contribution is -2.44. The van der Waals surface area contributed by atoms with Crippen LogP contribution in [0.1, 0.15) is 29.7 Å². The summed E-state index contributed by atoms with van der Waals surface area (Å²) in [5, 5.41) is 9.15. The predicted octanol–water partition coefficient (Wildman–Crippen LogP) is 1.31. The zero-order chi connectivity index (χ0) is 14.8. The first-order valence-electron chi connectivity index (χ1n) is 6.84. The fraction of sp³-hybridized carbons (Fsp3) is 0.692. The van der Waals surface area contributed by atoms with Gasteiger partial charge in [0.25, 0.3) is 0 Å². The third-order valence-corrected chi connectivity index (χ3v) is 6.96. The van der Waals surface area contributed by atoms with Crippen molar-refractivity contribution in [2.45, 2.75) is 43.0 Å². The van der Waals surface area contributed by atoms with Gasteiger partial charge in [0.1, 0.15) is 4.21 Å². The Morgan fingerprint density at radius 3 is 2.85 bits per heavy atom. The molecular weight excluding hydrogens is 296 g/mol. The fourth-order valence-corrected chi connectivity index (χ4v) is 5.02. The molecule has 1 saturated heterocycles. The molecular formula is C13H22N2O3S2. The molecule has 1 aliphatic heterocycles. The first kappa shape index (κ1) is 15.9. The molecule has 0 amide bonds. The molecule has 1 aromatic rings. The summed E-state index contributed by atoms with van der Waals surface area (Å²) in [4.78, 5) is 2.92. The van der Waals surface area contributed by atoms with Crippen molar-refractivity contribution in [1.82, 2.24) is 9.62 Å². The number of hydrogen-bond acceptors (Lipinski definition) is 5. The van der Waals surface area contributed by atoms with Crippen LogP contribution in [0, 0.1) is 6.92 Å². The number of likely N-dealkylation sites (N-methyl/N-ethyl adjacent to an activating group) is 1. The third-order valence-electron chi connectivity index (χ3n) is 3.84. The summed E-state index contributed by atoms with van der Waals surface area (Å²) >= 11 is 1.14. The van der Waals surface area contributed by atoms with E-state index >= 15 is 0 Å². The molecule has 20 heavy (non-hydrogen) atoms. The molecule has 7 heteroatoms. The van der Waals surface area contributed by atoms with Gasteiger partial charge in [-0.05, 0) is 45.0 Å². The first-order valence-corrected chi connectivity index (χ1v) is 9.14. The zero-order valence-corrected chi connectivity index (χ0v) is 13.6. The molecule has 1 aliphatic rings. The van der Waals surface area contributed by atoms with E-state index in [-0.39, 0.29) is 16.9 Å². The number of aliphatic hydroxyl groups excluding tert-OH is 1. The van der Waals surface area contributed by atoms with Crippen LogP contribution in [-0.4, -0.2) is 44.6 Å². The lowest BCUT2D eigenvalue weighted by Gasteiger charge is -2.32. The normalized spacial score (nSPS) is 21.2. The van der Waals surface area contributed by atoms with Gasteiger partial charge in [-0.1, -0.05) is 6.42 Å². The highest BCUT2D eigenvalue weighted by Gasteiger charge is 2.23. The van der Waals surface area contributed by atoms with Crippen LogP contribution in [0.5, 0.6) is 0 Å². The Morgan fingerprint density at radius 2 is 2.25 bits per heavy atom. The van der Waals surface area contributed by atoms with Gasteiger partial charge in [-0.15, -0.1) is 11.3 Å². The molecule has 1 fully saturated rings. The molecule has 0 saturated carbocycles. The van der Waals surface area contributed by atoms with E-state index in [0.29, 0.717) is 11.4 Å². The topological polar surface area (TPSA) is 69.6 Å². The fourth-order valence-electron chi connectivity index (χ4n) is 2.46. The highest BCUT2D eigenvalue weighted by molar-refractivity contribution is 7.91. The number of rotatable bonds is 5. The number of thiophene rings is 1. The van der Waals surface area contributed by atoms with E-state index in [2.05, 4.69) is 9.62 Å². The number of piperidine rings is 1. The Hall–Kier alpha value is -0.470. The second-order valence-corrected chi connectivity index (χ2v) is 8.44. The van der Waals surface area contributed by atoms with Crippen LogP contribution in [0.15, 0.2) is 10.3 Å². The second kappa shape index (κ2) is 6.53. The van der Waals surface area contributed by atoms with Crippen molar-refractivity contribution in [2.24, 2.45) is 0 Å². The van der Waals surface area contributed by atoms with Crippen LogP contribution in [0.3, 0.4) is 0 Å². The van der Waals surface area contributed by atoms with E-state index in [4.69, 9.17) is 5.11 Å². The Kier molecular flexibility index (Phi) is 5.19. The number of nitrogens with one attached hydrogen (secondary N) is 1. The first-order chi connectivity index (χ1) is 9.44. The number of aryl methyl sites for hydroxylation is 1. The average molecular weight is 318 g/mol. The van der Waals surface area contributed by atoms with Crippen molar-refractivity contribution < 1.29 is 13.5 Å². The Balaban J connectivity index is 2.03. The second-order valence-electron chi connectivity index (χ2n) is 5.31. The lowest BCUT2D eigenvalue weighted by molar-refractivity contribution is 0.187. The molecule has 1 unspecified atom stereocenters. The maximum absolute atomic E-state index is 12.3. The van der Waals surface area contributed by atoms with Crippen molar-refractivity contribution in [2.75, 3.05) is 20.1 Å². The van der Waals surface area contributed by atoms with Gasteiger partial charge in [0.05, 0.1) is 6.61 Å². The van der Waals surface area contributed by atoms with Gasteiger partial charge >= 0.3 is 0 Å². The van der Waals surface area contributed by atoms with Gasteiger partial charge in [-0.3, -0.25) is 0 Å². The number of aliphatic hydroxyl groups is 1. The average Bonchev–Trinajstić information content (AvgIpc) is 2.80. The molecule has 0 radical (unpaired) electrons. The number of nitrogens with zero attached hydrogens (tertiary/aromatic N) is 1. The number of hydrogen-bond donors (Lipinski definition) is 2. The monoisotopic (exact) mass is 318 g/mol. The molecule has 2 heterocycles. The van der Waals surface area contributed by atoms with Gasteiger partial charge in [-0.25, -0.2) is 13.1 Å². The molecule has 2 N–H and O–H groups in total. The van der Waals surface area contributed by atoms with Crippen molar-refractivity contribution in [3.8, 4) is 0 Å². The molecule has 1 aromatic heterocycles. The standard InChI is InChI=1S/C13H22N2O3S2/c1-10-7-13(19-12(10)9-16)20(17,18)14-8-11-5-3-4-6-15(11)2/h7,11,14,16H,3-6,8-9H2,1-2H3. The summed E-state index contributed by atoms with van der Waals surface area (Å²) in [5.74, 6) is 0. The maximum Gasteiger partial charge on any atom is 0.250 e. The molecule has 2 rings (SSSR count). The van der Waals surface area contributed by atoms with Crippen LogP contribution < -0.4 is 4.72 Å². The van der Waals surface area contributed by atoms with Crippen LogP contribution in [0.4, 0.5) is 0 Å². The van der Waals surface area contributed by atoms with Crippen LogP contribution in [-0.2, 0) is 16.6 Å². The van der Waals surface area contributed by atoms with E-state index in [1.165, 1.54) is 6.42 Å². The number of sulfonamides is 1. The molecule has 114 valence electrons. The molecule has 1 atom stereocenters. The Morgan fingerprint density at radius 1 is 1.50 bits per heavy atom. The summed E-state index contributed by atoms with van der Waals surface area (Å²) in [6.07, 6.45) is 3.37. The van der Waals surface area contributed by atoms with Gasteiger partial charge < -0.3 is 10.0 Å². The molecule has 0 aromatic carbocycles. The van der Waals surface area contributed by atoms with E-state index in [0.717, 1.165) is 36.3 Å². The third kappa shape index (κ3) is 3.59. The Labute approximate surface area is 124 Å². The minimum absolute atomic E-state index is 0.114. The van der Waals surface area contributed by atoms with E-state index < -0.39 is 10.0 Å². The van der Waals surface area contributed by atoms with Crippen molar-refractivity contribution >= 4 is 21.4 Å². The van der Waals surface area contributed by atoms with Gasteiger partial charge in [0, 0.05) is 17.5 Å². The predicted molar refractivity (Wildman–Crippen MR) is 80.4 cm³/mol. The molecule has 5 nitrogen and oxygen atoms in total. The van der Waals surface area contributed by atoms with Crippen LogP contribution in [0.2, 0.25) is 0 Å². The largest absolute Gasteiger partial charge is 0.391 e. The quantitative estimate of drug-likeness (QED) is 0.859. The summed E-state index contributed by atoms with van der Waals surface area (Å²) < 4.78 is 27.5. The smallest absolute Gasteiger partial charge is 0.250 e. The SMILES string of the molecule is Cc1cc(S(=O)(=O)NCC2CCCCN2C)sc1CO.